The van der Waals surface area contributed by atoms with Crippen molar-refractivity contribution >= 4 is 17.7 Å². The molecule has 0 aliphatic carbocycles. The van der Waals surface area contributed by atoms with Gasteiger partial charge in [-0.1, -0.05) is 54.6 Å². The number of nitrogens with zero attached hydrogens (tertiary/aromatic N) is 3. The SMILES string of the molecule is COc1ccc(CCN2C(=O)CS[C@@H]2c2cn(-c3ccccc3)nc2-c2ccccc2)cc1OC. The second kappa shape index (κ2) is 10.3. The molecular weight excluding hydrogens is 458 g/mol. The average Bonchev–Trinajstić information content (AvgIpc) is 3.52. The van der Waals surface area contributed by atoms with Crippen LogP contribution in [0.3, 0.4) is 0 Å². The van der Waals surface area contributed by atoms with Crippen molar-refractivity contribution in [2.75, 3.05) is 26.5 Å². The van der Waals surface area contributed by atoms with Crippen molar-refractivity contribution in [1.82, 2.24) is 14.7 Å². The molecular formula is C28H27N3O3S. The van der Waals surface area contributed by atoms with E-state index < -0.39 is 0 Å². The zero-order valence-electron chi connectivity index (χ0n) is 19.8. The molecule has 0 spiro atoms. The van der Waals surface area contributed by atoms with Crippen LogP contribution in [0.25, 0.3) is 16.9 Å². The number of hydrogen-bond donors (Lipinski definition) is 0. The zero-order valence-corrected chi connectivity index (χ0v) is 20.6. The molecule has 5 rings (SSSR count). The molecule has 1 aromatic heterocycles. The predicted octanol–water partition coefficient (Wildman–Crippen LogP) is 5.37. The summed E-state index contributed by atoms with van der Waals surface area (Å²) in [4.78, 5) is 14.9. The van der Waals surface area contributed by atoms with Gasteiger partial charge < -0.3 is 14.4 Å². The van der Waals surface area contributed by atoms with Crippen LogP contribution in [-0.2, 0) is 11.2 Å². The van der Waals surface area contributed by atoms with Crippen molar-refractivity contribution < 1.29 is 14.3 Å². The fourth-order valence-electron chi connectivity index (χ4n) is 4.34. The van der Waals surface area contributed by atoms with Crippen molar-refractivity contribution in [3.63, 3.8) is 0 Å². The summed E-state index contributed by atoms with van der Waals surface area (Å²) in [6, 6.07) is 26.1. The van der Waals surface area contributed by atoms with Gasteiger partial charge in [-0.3, -0.25) is 4.79 Å². The molecule has 4 aromatic rings. The molecule has 0 radical (unpaired) electrons. The number of para-hydroxylation sites is 1. The van der Waals surface area contributed by atoms with Crippen LogP contribution in [-0.4, -0.2) is 47.1 Å². The number of ether oxygens (including phenoxy) is 2. The summed E-state index contributed by atoms with van der Waals surface area (Å²) in [5, 5.41) is 4.85. The molecule has 0 unspecified atom stereocenters. The number of carbonyl (C=O) groups is 1. The van der Waals surface area contributed by atoms with Crippen LogP contribution >= 0.6 is 11.8 Å². The minimum Gasteiger partial charge on any atom is -0.493 e. The Kier molecular flexibility index (Phi) is 6.77. The summed E-state index contributed by atoms with van der Waals surface area (Å²) in [6.07, 6.45) is 2.79. The van der Waals surface area contributed by atoms with Gasteiger partial charge in [-0.15, -0.1) is 11.8 Å². The van der Waals surface area contributed by atoms with E-state index in [1.54, 1.807) is 26.0 Å². The summed E-state index contributed by atoms with van der Waals surface area (Å²) in [5.41, 5.74) is 5.06. The first kappa shape index (κ1) is 23.1. The molecule has 1 aliphatic rings. The van der Waals surface area contributed by atoms with Gasteiger partial charge in [0.1, 0.15) is 5.37 Å². The molecule has 1 fully saturated rings. The molecule has 0 N–H and O–H groups in total. The van der Waals surface area contributed by atoms with E-state index >= 15 is 0 Å². The van der Waals surface area contributed by atoms with Gasteiger partial charge >= 0.3 is 0 Å². The van der Waals surface area contributed by atoms with E-state index in [0.29, 0.717) is 23.8 Å². The lowest BCUT2D eigenvalue weighted by Gasteiger charge is -2.24. The number of aromatic nitrogens is 2. The number of rotatable bonds is 8. The Bertz CT molecular complexity index is 1310. The smallest absolute Gasteiger partial charge is 0.233 e. The maximum Gasteiger partial charge on any atom is 0.233 e. The quantitative estimate of drug-likeness (QED) is 0.336. The van der Waals surface area contributed by atoms with Crippen LogP contribution in [0, 0.1) is 0 Å². The Hall–Kier alpha value is -3.71. The summed E-state index contributed by atoms with van der Waals surface area (Å²) in [7, 11) is 3.26. The number of benzene rings is 3. The van der Waals surface area contributed by atoms with Crippen LogP contribution in [0.1, 0.15) is 16.5 Å². The first-order valence-electron chi connectivity index (χ1n) is 11.5. The van der Waals surface area contributed by atoms with Crippen molar-refractivity contribution in [3.05, 3.63) is 96.2 Å². The number of thioether (sulfide) groups is 1. The Labute approximate surface area is 209 Å². The molecule has 178 valence electrons. The molecule has 0 bridgehead atoms. The van der Waals surface area contributed by atoms with E-state index in [-0.39, 0.29) is 11.3 Å². The molecule has 35 heavy (non-hydrogen) atoms. The van der Waals surface area contributed by atoms with Crippen molar-refractivity contribution in [3.8, 4) is 28.4 Å². The second-order valence-corrected chi connectivity index (χ2v) is 9.34. The van der Waals surface area contributed by atoms with Gasteiger partial charge in [-0.05, 0) is 36.2 Å². The lowest BCUT2D eigenvalue weighted by molar-refractivity contribution is -0.128. The largest absolute Gasteiger partial charge is 0.493 e. The van der Waals surface area contributed by atoms with Crippen LogP contribution in [0.5, 0.6) is 11.5 Å². The van der Waals surface area contributed by atoms with E-state index in [9.17, 15) is 4.79 Å². The van der Waals surface area contributed by atoms with Crippen LogP contribution in [0.4, 0.5) is 0 Å². The highest BCUT2D eigenvalue weighted by Crippen LogP contribution is 2.43. The lowest BCUT2D eigenvalue weighted by atomic mass is 10.1. The van der Waals surface area contributed by atoms with Gasteiger partial charge in [0.05, 0.1) is 31.4 Å². The second-order valence-electron chi connectivity index (χ2n) is 8.27. The summed E-state index contributed by atoms with van der Waals surface area (Å²) in [6.45, 7) is 0.608. The normalized spacial score (nSPS) is 15.4. The molecule has 2 heterocycles. The van der Waals surface area contributed by atoms with E-state index in [1.807, 2.05) is 76.3 Å². The van der Waals surface area contributed by atoms with Crippen LogP contribution in [0.15, 0.2) is 85.1 Å². The van der Waals surface area contributed by atoms with Gasteiger partial charge in [0.2, 0.25) is 5.91 Å². The van der Waals surface area contributed by atoms with Crippen molar-refractivity contribution in [1.29, 1.82) is 0 Å². The van der Waals surface area contributed by atoms with E-state index in [4.69, 9.17) is 14.6 Å². The minimum atomic E-state index is -0.102. The topological polar surface area (TPSA) is 56.6 Å². The molecule has 6 nitrogen and oxygen atoms in total. The zero-order chi connectivity index (χ0) is 24.2. The number of methoxy groups -OCH3 is 2. The minimum absolute atomic E-state index is 0.102. The van der Waals surface area contributed by atoms with Gasteiger partial charge in [0.25, 0.3) is 0 Å². The summed E-state index contributed by atoms with van der Waals surface area (Å²) < 4.78 is 12.7. The van der Waals surface area contributed by atoms with E-state index in [1.165, 1.54) is 0 Å². The molecule has 7 heteroatoms. The molecule has 1 atom stereocenters. The maximum atomic E-state index is 13.0. The molecule has 3 aromatic carbocycles. The fraction of sp³-hybridized carbons (Fsp3) is 0.214. The highest BCUT2D eigenvalue weighted by atomic mass is 32.2. The monoisotopic (exact) mass is 485 g/mol. The predicted molar refractivity (Wildman–Crippen MR) is 139 cm³/mol. The fourth-order valence-corrected chi connectivity index (χ4v) is 5.56. The first-order chi connectivity index (χ1) is 17.2. The Morgan fingerprint density at radius 2 is 1.66 bits per heavy atom. The van der Waals surface area contributed by atoms with E-state index in [2.05, 4.69) is 18.3 Å². The number of hydrogen-bond acceptors (Lipinski definition) is 5. The van der Waals surface area contributed by atoms with Crippen LogP contribution in [0.2, 0.25) is 0 Å². The first-order valence-corrected chi connectivity index (χ1v) is 12.5. The highest BCUT2D eigenvalue weighted by molar-refractivity contribution is 8.00. The van der Waals surface area contributed by atoms with Crippen molar-refractivity contribution in [2.24, 2.45) is 0 Å². The Morgan fingerprint density at radius 3 is 2.37 bits per heavy atom. The Morgan fingerprint density at radius 1 is 0.943 bits per heavy atom. The van der Waals surface area contributed by atoms with Crippen LogP contribution < -0.4 is 9.47 Å². The van der Waals surface area contributed by atoms with Gasteiger partial charge in [-0.2, -0.15) is 5.10 Å². The van der Waals surface area contributed by atoms with Gasteiger partial charge in [0.15, 0.2) is 11.5 Å². The van der Waals surface area contributed by atoms with Gasteiger partial charge in [0, 0.05) is 23.9 Å². The third-order valence-electron chi connectivity index (χ3n) is 6.13. The van der Waals surface area contributed by atoms with E-state index in [0.717, 1.165) is 34.5 Å². The Balaban J connectivity index is 1.46. The summed E-state index contributed by atoms with van der Waals surface area (Å²) >= 11 is 1.66. The molecule has 1 aliphatic heterocycles. The highest BCUT2D eigenvalue weighted by Gasteiger charge is 2.35. The number of amides is 1. The maximum absolute atomic E-state index is 13.0. The third-order valence-corrected chi connectivity index (χ3v) is 7.37. The summed E-state index contributed by atoms with van der Waals surface area (Å²) in [5.74, 6) is 2.00. The average molecular weight is 486 g/mol. The lowest BCUT2D eigenvalue weighted by Crippen LogP contribution is -2.30. The molecule has 1 saturated heterocycles. The third kappa shape index (κ3) is 4.77. The van der Waals surface area contributed by atoms with Gasteiger partial charge in [-0.25, -0.2) is 4.68 Å². The standard InChI is InChI=1S/C28H27N3O3S/c1-33-24-14-13-20(17-25(24)34-2)15-16-30-26(32)19-35-28(30)23-18-31(22-11-7-4-8-12-22)29-27(23)21-9-5-3-6-10-21/h3-14,17-18,28H,15-16,19H2,1-2H3/t28-/m1/s1. The number of carbonyl (C=O) groups excluding carboxylic acids is 1. The molecule has 1 amide bonds. The van der Waals surface area contributed by atoms with Crippen molar-refractivity contribution in [2.45, 2.75) is 11.8 Å². The molecule has 0 saturated carbocycles.